The number of rotatable bonds is 8. The number of benzene rings is 2. The Kier molecular flexibility index (Phi) is 8.25. The lowest BCUT2D eigenvalue weighted by Gasteiger charge is -2.14. The van der Waals surface area contributed by atoms with E-state index in [1.54, 1.807) is 43.3 Å². The number of nitriles is 1. The normalized spacial score (nSPS) is 10.6. The Bertz CT molecular complexity index is 952. The maximum Gasteiger partial charge on any atom is 0.343 e. The number of methoxy groups -OCH3 is 1. The zero-order valence-corrected chi connectivity index (χ0v) is 17.5. The third kappa shape index (κ3) is 6.36. The van der Waals surface area contributed by atoms with Crippen molar-refractivity contribution in [2.45, 2.75) is 6.92 Å². The predicted molar refractivity (Wildman–Crippen MR) is 111 cm³/mol. The molecule has 0 radical (unpaired) electrons. The van der Waals surface area contributed by atoms with E-state index < -0.39 is 11.9 Å². The number of halogens is 1. The molecule has 0 fully saturated rings. The topological polar surface area (TPSA) is 97.6 Å². The second kappa shape index (κ2) is 10.9. The summed E-state index contributed by atoms with van der Waals surface area (Å²) in [7, 11) is 1.27. The molecule has 2 aromatic carbocycles. The standard InChI is InChI=1S/C21H19BrN2O5/c1-3-28-18-11-14(10-17(22)20(18)29-13-19(25)27-2)9-15(12-23)21(26)24-16-7-5-4-6-8-16/h4-11H,3,13H2,1-2H3,(H,24,26)/b15-9+. The van der Waals surface area contributed by atoms with Crippen molar-refractivity contribution in [1.29, 1.82) is 5.26 Å². The highest BCUT2D eigenvalue weighted by molar-refractivity contribution is 9.10. The molecule has 0 bridgehead atoms. The number of carbonyl (C=O) groups is 2. The second-order valence-electron chi connectivity index (χ2n) is 5.62. The lowest BCUT2D eigenvalue weighted by atomic mass is 10.1. The van der Waals surface area contributed by atoms with Gasteiger partial charge < -0.3 is 19.5 Å². The molecule has 0 aliphatic rings. The SMILES string of the molecule is CCOc1cc(/C=C(\C#N)C(=O)Nc2ccccc2)cc(Br)c1OCC(=O)OC. The Labute approximate surface area is 177 Å². The zero-order valence-electron chi connectivity index (χ0n) is 15.9. The molecule has 7 nitrogen and oxygen atoms in total. The molecule has 0 aromatic heterocycles. The average molecular weight is 459 g/mol. The van der Waals surface area contributed by atoms with Crippen LogP contribution in [0, 0.1) is 11.3 Å². The van der Waals surface area contributed by atoms with Crippen LogP contribution < -0.4 is 14.8 Å². The Hall–Kier alpha value is -3.31. The van der Waals surface area contributed by atoms with Crippen molar-refractivity contribution in [2.75, 3.05) is 25.6 Å². The molecule has 0 heterocycles. The minimum atomic E-state index is -0.535. The van der Waals surface area contributed by atoms with Crippen molar-refractivity contribution in [2.24, 2.45) is 0 Å². The number of nitrogens with zero attached hydrogens (tertiary/aromatic N) is 1. The van der Waals surface area contributed by atoms with Crippen LogP contribution >= 0.6 is 15.9 Å². The summed E-state index contributed by atoms with van der Waals surface area (Å²) in [5, 5.41) is 12.1. The van der Waals surface area contributed by atoms with Crippen molar-refractivity contribution < 1.29 is 23.8 Å². The molecule has 2 aromatic rings. The van der Waals surface area contributed by atoms with Gasteiger partial charge in [-0.3, -0.25) is 4.79 Å². The molecule has 0 saturated heterocycles. The van der Waals surface area contributed by atoms with Gasteiger partial charge in [-0.15, -0.1) is 0 Å². The number of nitrogens with one attached hydrogen (secondary N) is 1. The molecule has 2 rings (SSSR count). The monoisotopic (exact) mass is 458 g/mol. The number of carbonyl (C=O) groups excluding carboxylic acids is 2. The van der Waals surface area contributed by atoms with E-state index in [0.29, 0.717) is 33.8 Å². The van der Waals surface area contributed by atoms with Gasteiger partial charge in [0.05, 0.1) is 18.2 Å². The molecule has 8 heteroatoms. The number of esters is 1. The number of ether oxygens (including phenoxy) is 3. The van der Waals surface area contributed by atoms with E-state index in [1.165, 1.54) is 13.2 Å². The molecule has 0 aliphatic heterocycles. The quantitative estimate of drug-likeness (QED) is 0.365. The summed E-state index contributed by atoms with van der Waals surface area (Å²) in [5.74, 6) is -0.383. The van der Waals surface area contributed by atoms with E-state index in [-0.39, 0.29) is 12.2 Å². The zero-order chi connectivity index (χ0) is 21.2. The molecule has 0 aliphatic carbocycles. The first-order chi connectivity index (χ1) is 14.0. The van der Waals surface area contributed by atoms with Gasteiger partial charge in [0.1, 0.15) is 11.6 Å². The van der Waals surface area contributed by atoms with Crippen LogP contribution in [-0.2, 0) is 14.3 Å². The number of amides is 1. The maximum atomic E-state index is 12.4. The minimum absolute atomic E-state index is 0.0774. The summed E-state index contributed by atoms with van der Waals surface area (Å²) in [5.41, 5.74) is 1.05. The van der Waals surface area contributed by atoms with Gasteiger partial charge in [-0.25, -0.2) is 4.79 Å². The highest BCUT2D eigenvalue weighted by atomic mass is 79.9. The van der Waals surface area contributed by atoms with Crippen LogP contribution in [-0.4, -0.2) is 32.2 Å². The third-order valence-electron chi connectivity index (χ3n) is 3.60. The number of anilines is 1. The first-order valence-corrected chi connectivity index (χ1v) is 9.42. The molecular weight excluding hydrogens is 440 g/mol. The van der Waals surface area contributed by atoms with Gasteiger partial charge in [0.25, 0.3) is 5.91 Å². The van der Waals surface area contributed by atoms with Crippen molar-refractivity contribution in [3.8, 4) is 17.6 Å². The van der Waals surface area contributed by atoms with Gasteiger partial charge in [0.2, 0.25) is 0 Å². The average Bonchev–Trinajstić information content (AvgIpc) is 2.72. The fraction of sp³-hybridized carbons (Fsp3) is 0.190. The van der Waals surface area contributed by atoms with E-state index in [9.17, 15) is 14.9 Å². The Morgan fingerprint density at radius 1 is 1.21 bits per heavy atom. The largest absolute Gasteiger partial charge is 0.490 e. The van der Waals surface area contributed by atoms with Gasteiger partial charge in [0.15, 0.2) is 18.1 Å². The van der Waals surface area contributed by atoms with Crippen LogP contribution in [0.2, 0.25) is 0 Å². The molecule has 150 valence electrons. The Morgan fingerprint density at radius 3 is 2.55 bits per heavy atom. The highest BCUT2D eigenvalue weighted by Crippen LogP contribution is 2.37. The number of para-hydroxylation sites is 1. The van der Waals surface area contributed by atoms with Gasteiger partial charge in [-0.1, -0.05) is 18.2 Å². The summed E-state index contributed by atoms with van der Waals surface area (Å²) >= 11 is 3.37. The van der Waals surface area contributed by atoms with E-state index in [1.807, 2.05) is 12.1 Å². The first kappa shape index (κ1) is 22.0. The lowest BCUT2D eigenvalue weighted by Crippen LogP contribution is -2.14. The Balaban J connectivity index is 2.30. The molecule has 0 unspecified atom stereocenters. The van der Waals surface area contributed by atoms with E-state index in [0.717, 1.165) is 0 Å². The molecule has 1 N–H and O–H groups in total. The summed E-state index contributed by atoms with van der Waals surface area (Å²) < 4.78 is 16.1. The molecular formula is C21H19BrN2O5. The Morgan fingerprint density at radius 2 is 1.93 bits per heavy atom. The summed E-state index contributed by atoms with van der Waals surface area (Å²) in [6, 6.07) is 14.0. The lowest BCUT2D eigenvalue weighted by molar-refractivity contribution is -0.142. The predicted octanol–water partition coefficient (Wildman–Crippen LogP) is 3.95. The summed E-state index contributed by atoms with van der Waals surface area (Å²) in [6.07, 6.45) is 1.44. The third-order valence-corrected chi connectivity index (χ3v) is 4.19. The molecule has 0 spiro atoms. The summed E-state index contributed by atoms with van der Waals surface area (Å²) in [6.45, 7) is 1.87. The minimum Gasteiger partial charge on any atom is -0.490 e. The van der Waals surface area contributed by atoms with Crippen LogP contribution in [0.1, 0.15) is 12.5 Å². The van der Waals surface area contributed by atoms with E-state index in [2.05, 4.69) is 26.0 Å². The van der Waals surface area contributed by atoms with Crippen LogP contribution in [0.3, 0.4) is 0 Å². The van der Waals surface area contributed by atoms with Crippen LogP contribution in [0.5, 0.6) is 11.5 Å². The molecule has 0 saturated carbocycles. The van der Waals surface area contributed by atoms with Crippen molar-refractivity contribution in [1.82, 2.24) is 0 Å². The second-order valence-corrected chi connectivity index (χ2v) is 6.47. The molecule has 1 amide bonds. The van der Waals surface area contributed by atoms with Crippen molar-refractivity contribution in [3.63, 3.8) is 0 Å². The van der Waals surface area contributed by atoms with Gasteiger partial charge >= 0.3 is 5.97 Å². The van der Waals surface area contributed by atoms with E-state index >= 15 is 0 Å². The van der Waals surface area contributed by atoms with Crippen LogP contribution in [0.4, 0.5) is 5.69 Å². The first-order valence-electron chi connectivity index (χ1n) is 8.62. The van der Waals surface area contributed by atoms with Crippen LogP contribution in [0.25, 0.3) is 6.08 Å². The van der Waals surface area contributed by atoms with Gasteiger partial charge in [0, 0.05) is 5.69 Å². The van der Waals surface area contributed by atoms with Gasteiger partial charge in [-0.2, -0.15) is 5.26 Å². The van der Waals surface area contributed by atoms with Gasteiger partial charge in [-0.05, 0) is 58.8 Å². The summed E-state index contributed by atoms with van der Waals surface area (Å²) in [4.78, 5) is 23.7. The van der Waals surface area contributed by atoms with Crippen LogP contribution in [0.15, 0.2) is 52.5 Å². The van der Waals surface area contributed by atoms with E-state index in [4.69, 9.17) is 9.47 Å². The fourth-order valence-electron chi connectivity index (χ4n) is 2.30. The number of hydrogen-bond donors (Lipinski definition) is 1. The highest BCUT2D eigenvalue weighted by Gasteiger charge is 2.15. The molecule has 29 heavy (non-hydrogen) atoms. The smallest absolute Gasteiger partial charge is 0.343 e. The number of hydrogen-bond acceptors (Lipinski definition) is 6. The van der Waals surface area contributed by atoms with Crippen molar-refractivity contribution in [3.05, 3.63) is 58.1 Å². The maximum absolute atomic E-state index is 12.4. The van der Waals surface area contributed by atoms with Crippen molar-refractivity contribution >= 4 is 39.6 Å². The fourth-order valence-corrected chi connectivity index (χ4v) is 2.87. The molecule has 0 atom stereocenters.